The number of carbonyl (C=O) groups excluding carboxylic acids is 2. The Morgan fingerprint density at radius 2 is 1.81 bits per heavy atom. The van der Waals surface area contributed by atoms with Crippen LogP contribution in [0.5, 0.6) is 0 Å². The third kappa shape index (κ3) is 3.52. The molecule has 140 valence electrons. The maximum absolute atomic E-state index is 12.9. The summed E-state index contributed by atoms with van der Waals surface area (Å²) in [5.74, 6) is 0.0119. The number of Topliss-reactive ketones (excluding diaryl/α,β-unsaturated/α-hetero) is 1. The van der Waals surface area contributed by atoms with E-state index in [0.717, 1.165) is 17.1 Å². The lowest BCUT2D eigenvalue weighted by Crippen LogP contribution is -2.29. The second-order valence-electron chi connectivity index (χ2n) is 7.64. The van der Waals surface area contributed by atoms with E-state index in [1.165, 1.54) is 12.5 Å². The van der Waals surface area contributed by atoms with E-state index in [4.69, 9.17) is 0 Å². The van der Waals surface area contributed by atoms with E-state index in [1.54, 1.807) is 18.2 Å². The highest BCUT2D eigenvalue weighted by atomic mass is 16.1. The Hall–Kier alpha value is -2.88. The molecule has 0 bridgehead atoms. The number of ketones is 2. The van der Waals surface area contributed by atoms with Crippen LogP contribution in [-0.4, -0.2) is 24.7 Å². The van der Waals surface area contributed by atoms with Gasteiger partial charge in [-0.3, -0.25) is 9.59 Å². The van der Waals surface area contributed by atoms with Crippen molar-refractivity contribution in [2.75, 3.05) is 17.3 Å². The zero-order valence-electron chi connectivity index (χ0n) is 16.5. The molecular weight excluding hydrogens is 336 g/mol. The van der Waals surface area contributed by atoms with Crippen molar-refractivity contribution in [3.63, 3.8) is 0 Å². The highest BCUT2D eigenvalue weighted by Gasteiger charge is 2.38. The Balaban J connectivity index is 1.82. The summed E-state index contributed by atoms with van der Waals surface area (Å²) in [6.45, 7) is 7.66. The van der Waals surface area contributed by atoms with Crippen LogP contribution in [0, 0.1) is 0 Å². The molecule has 4 heteroatoms. The highest BCUT2D eigenvalue weighted by molar-refractivity contribution is 5.98. The van der Waals surface area contributed by atoms with Gasteiger partial charge in [-0.25, -0.2) is 0 Å². The summed E-state index contributed by atoms with van der Waals surface area (Å²) in [7, 11) is 2.00. The van der Waals surface area contributed by atoms with Gasteiger partial charge in [0, 0.05) is 41.2 Å². The first-order valence-electron chi connectivity index (χ1n) is 9.18. The first-order valence-corrected chi connectivity index (χ1v) is 9.18. The molecule has 0 radical (unpaired) electrons. The molecule has 2 aromatic carbocycles. The fourth-order valence-corrected chi connectivity index (χ4v) is 3.67. The third-order valence-corrected chi connectivity index (χ3v) is 5.30. The minimum Gasteiger partial charge on any atom is -0.375 e. The lowest BCUT2D eigenvalue weighted by Gasteiger charge is -2.24. The number of fused-ring (bicyclic) bond motifs is 1. The lowest BCUT2D eigenvalue weighted by molar-refractivity contribution is -0.115. The van der Waals surface area contributed by atoms with Gasteiger partial charge in [-0.2, -0.15) is 0 Å². The Kier molecular flexibility index (Phi) is 4.92. The molecule has 0 saturated heterocycles. The van der Waals surface area contributed by atoms with Gasteiger partial charge in [0.25, 0.3) is 0 Å². The molecule has 0 aliphatic carbocycles. The number of hydrogen-bond donors (Lipinski definition) is 1. The lowest BCUT2D eigenvalue weighted by atomic mass is 9.83. The van der Waals surface area contributed by atoms with Gasteiger partial charge < -0.3 is 10.2 Å². The van der Waals surface area contributed by atoms with Crippen molar-refractivity contribution >= 4 is 22.9 Å². The highest BCUT2D eigenvalue weighted by Crippen LogP contribution is 2.46. The predicted octanol–water partition coefficient (Wildman–Crippen LogP) is 4.57. The molecule has 1 unspecified atom stereocenters. The largest absolute Gasteiger partial charge is 0.375 e. The normalized spacial score (nSPS) is 17.5. The molecule has 0 spiro atoms. The molecule has 2 aromatic rings. The van der Waals surface area contributed by atoms with Gasteiger partial charge in [0.1, 0.15) is 0 Å². The van der Waals surface area contributed by atoms with E-state index in [1.807, 2.05) is 38.2 Å². The van der Waals surface area contributed by atoms with Crippen LogP contribution in [0.4, 0.5) is 11.4 Å². The summed E-state index contributed by atoms with van der Waals surface area (Å²) in [4.78, 5) is 26.5. The number of anilines is 2. The number of nitrogens with one attached hydrogen (secondary N) is 1. The molecule has 0 saturated carbocycles. The van der Waals surface area contributed by atoms with Crippen LogP contribution in [0.2, 0.25) is 0 Å². The van der Waals surface area contributed by atoms with E-state index in [-0.39, 0.29) is 17.0 Å². The SMILES string of the molecule is CC(=O)c1cccc(NC(C)C(=O)/C=C2/N(C)c3ccccc3C2(C)C)c1. The number of allylic oxidation sites excluding steroid dienone is 1. The maximum atomic E-state index is 12.9. The fourth-order valence-electron chi connectivity index (χ4n) is 3.67. The molecule has 1 aliphatic rings. The summed E-state index contributed by atoms with van der Waals surface area (Å²) in [5, 5.41) is 3.21. The standard InChI is InChI=1S/C23H26N2O2/c1-15(24-18-10-8-9-17(13-18)16(2)26)21(27)14-22-23(3,4)19-11-6-7-12-20(19)25(22)5/h6-15,24H,1-5H3/b22-14+. The molecule has 27 heavy (non-hydrogen) atoms. The van der Waals surface area contributed by atoms with Crippen molar-refractivity contribution in [3.8, 4) is 0 Å². The smallest absolute Gasteiger partial charge is 0.179 e. The number of benzene rings is 2. The van der Waals surface area contributed by atoms with Crippen LogP contribution in [-0.2, 0) is 10.2 Å². The van der Waals surface area contributed by atoms with E-state index in [9.17, 15) is 9.59 Å². The first-order chi connectivity index (χ1) is 12.7. The van der Waals surface area contributed by atoms with Crippen LogP contribution >= 0.6 is 0 Å². The Morgan fingerprint density at radius 3 is 2.48 bits per heavy atom. The molecule has 3 rings (SSSR count). The zero-order valence-corrected chi connectivity index (χ0v) is 16.5. The second kappa shape index (κ2) is 7.03. The monoisotopic (exact) mass is 362 g/mol. The quantitative estimate of drug-likeness (QED) is 0.625. The van der Waals surface area contributed by atoms with Gasteiger partial charge in [0.15, 0.2) is 11.6 Å². The minimum atomic E-state index is -0.396. The number of likely N-dealkylation sites (N-methyl/N-ethyl adjacent to an activating group) is 1. The molecule has 0 amide bonds. The Labute approximate surface area is 160 Å². The summed E-state index contributed by atoms with van der Waals surface area (Å²) >= 11 is 0. The number of hydrogen-bond acceptors (Lipinski definition) is 4. The molecule has 0 fully saturated rings. The van der Waals surface area contributed by atoms with Crippen molar-refractivity contribution in [2.45, 2.75) is 39.2 Å². The molecule has 0 aromatic heterocycles. The van der Waals surface area contributed by atoms with Crippen molar-refractivity contribution in [1.82, 2.24) is 0 Å². The number of para-hydroxylation sites is 1. The van der Waals surface area contributed by atoms with Crippen molar-refractivity contribution in [3.05, 3.63) is 71.4 Å². The molecule has 1 aliphatic heterocycles. The van der Waals surface area contributed by atoms with E-state index >= 15 is 0 Å². The van der Waals surface area contributed by atoms with E-state index in [0.29, 0.717) is 5.56 Å². The topological polar surface area (TPSA) is 49.4 Å². The summed E-state index contributed by atoms with van der Waals surface area (Å²) < 4.78 is 0. The summed E-state index contributed by atoms with van der Waals surface area (Å²) in [6, 6.07) is 15.1. The molecule has 4 nitrogen and oxygen atoms in total. The molecule has 1 heterocycles. The fraction of sp³-hybridized carbons (Fsp3) is 0.304. The van der Waals surface area contributed by atoms with Crippen molar-refractivity contribution < 1.29 is 9.59 Å². The Morgan fingerprint density at radius 1 is 1.11 bits per heavy atom. The van der Waals surface area contributed by atoms with Crippen LogP contribution in [0.1, 0.15) is 43.6 Å². The first kappa shape index (κ1) is 18.9. The van der Waals surface area contributed by atoms with Gasteiger partial charge in [-0.15, -0.1) is 0 Å². The van der Waals surface area contributed by atoms with E-state index in [2.05, 4.69) is 36.2 Å². The molecule has 1 N–H and O–H groups in total. The van der Waals surface area contributed by atoms with Crippen molar-refractivity contribution in [2.24, 2.45) is 0 Å². The van der Waals surface area contributed by atoms with Gasteiger partial charge in [0.2, 0.25) is 0 Å². The zero-order chi connectivity index (χ0) is 19.8. The van der Waals surface area contributed by atoms with Gasteiger partial charge in [0.05, 0.1) is 6.04 Å². The van der Waals surface area contributed by atoms with Crippen LogP contribution in [0.25, 0.3) is 0 Å². The van der Waals surface area contributed by atoms with Crippen LogP contribution in [0.15, 0.2) is 60.3 Å². The second-order valence-corrected chi connectivity index (χ2v) is 7.64. The average molecular weight is 362 g/mol. The number of nitrogens with zero attached hydrogens (tertiary/aromatic N) is 1. The van der Waals surface area contributed by atoms with Crippen LogP contribution in [0.3, 0.4) is 0 Å². The average Bonchev–Trinajstić information content (AvgIpc) is 2.83. The van der Waals surface area contributed by atoms with Crippen molar-refractivity contribution in [1.29, 1.82) is 0 Å². The van der Waals surface area contributed by atoms with Gasteiger partial charge >= 0.3 is 0 Å². The number of rotatable bonds is 5. The third-order valence-electron chi connectivity index (χ3n) is 5.30. The molecular formula is C23H26N2O2. The minimum absolute atomic E-state index is 0.00552. The number of carbonyl (C=O) groups is 2. The van der Waals surface area contributed by atoms with E-state index < -0.39 is 6.04 Å². The van der Waals surface area contributed by atoms with Gasteiger partial charge in [-0.05, 0) is 37.6 Å². The summed E-state index contributed by atoms with van der Waals surface area (Å²) in [6.07, 6.45) is 1.74. The van der Waals surface area contributed by atoms with Gasteiger partial charge in [-0.1, -0.05) is 44.2 Å². The Bertz CT molecular complexity index is 927. The maximum Gasteiger partial charge on any atom is 0.179 e. The molecule has 1 atom stereocenters. The predicted molar refractivity (Wildman–Crippen MR) is 110 cm³/mol. The summed E-state index contributed by atoms with van der Waals surface area (Å²) in [5.41, 5.74) is 4.52. The van der Waals surface area contributed by atoms with Crippen LogP contribution < -0.4 is 10.2 Å².